The summed E-state index contributed by atoms with van der Waals surface area (Å²) in [5, 5.41) is 12.8. The quantitative estimate of drug-likeness (QED) is 0.857. The lowest BCUT2D eigenvalue weighted by Crippen LogP contribution is -2.28. The maximum absolute atomic E-state index is 9.72. The molecular weight excluding hydrogens is 242 g/mol. The van der Waals surface area contributed by atoms with Crippen molar-refractivity contribution in [1.82, 2.24) is 15.3 Å². The van der Waals surface area contributed by atoms with Crippen LogP contribution in [0.15, 0.2) is 36.7 Å². The molecule has 0 aliphatic carbocycles. The summed E-state index contributed by atoms with van der Waals surface area (Å²) in [6.45, 7) is 2.58. The third-order valence-corrected chi connectivity index (χ3v) is 2.77. The number of benzene rings is 1. The van der Waals surface area contributed by atoms with Crippen molar-refractivity contribution in [3.8, 4) is 22.9 Å². The summed E-state index contributed by atoms with van der Waals surface area (Å²) in [5.74, 6) is 1.26. The second-order valence-corrected chi connectivity index (χ2v) is 4.26. The largest absolute Gasteiger partial charge is 0.507 e. The van der Waals surface area contributed by atoms with Crippen LogP contribution < -0.4 is 10.1 Å². The molecule has 0 saturated carbocycles. The van der Waals surface area contributed by atoms with Crippen molar-refractivity contribution >= 4 is 0 Å². The summed E-state index contributed by atoms with van der Waals surface area (Å²) in [6, 6.07) is 7.23. The minimum absolute atomic E-state index is 0.167. The molecule has 0 fully saturated rings. The molecule has 0 aliphatic rings. The number of hydrogen-bond acceptors (Lipinski definition) is 5. The lowest BCUT2D eigenvalue weighted by atomic mass is 10.2. The Balaban J connectivity index is 2.09. The lowest BCUT2D eigenvalue weighted by Gasteiger charge is -2.11. The average molecular weight is 259 g/mol. The lowest BCUT2D eigenvalue weighted by molar-refractivity contribution is 0.278. The van der Waals surface area contributed by atoms with E-state index in [2.05, 4.69) is 15.3 Å². The molecule has 100 valence electrons. The van der Waals surface area contributed by atoms with Crippen molar-refractivity contribution in [2.24, 2.45) is 0 Å². The Hall–Kier alpha value is -2.14. The first kappa shape index (κ1) is 13.3. The molecular formula is C14H17N3O2. The zero-order valence-electron chi connectivity index (χ0n) is 11.0. The molecule has 19 heavy (non-hydrogen) atoms. The van der Waals surface area contributed by atoms with Crippen LogP contribution in [-0.2, 0) is 0 Å². The SMILES string of the molecule is CNC(C)COc1cnc(-c2ccccc2O)nc1. The number of nitrogens with zero attached hydrogens (tertiary/aromatic N) is 2. The number of ether oxygens (including phenoxy) is 1. The fourth-order valence-corrected chi connectivity index (χ4v) is 1.50. The van der Waals surface area contributed by atoms with Gasteiger partial charge >= 0.3 is 0 Å². The van der Waals surface area contributed by atoms with Crippen LogP contribution in [0.5, 0.6) is 11.5 Å². The number of nitrogens with one attached hydrogen (secondary N) is 1. The van der Waals surface area contributed by atoms with Gasteiger partial charge in [0.05, 0.1) is 18.0 Å². The van der Waals surface area contributed by atoms with Crippen LogP contribution in [-0.4, -0.2) is 34.8 Å². The predicted molar refractivity (Wildman–Crippen MR) is 73.1 cm³/mol. The van der Waals surface area contributed by atoms with Gasteiger partial charge in [-0.3, -0.25) is 0 Å². The van der Waals surface area contributed by atoms with E-state index < -0.39 is 0 Å². The molecule has 0 radical (unpaired) electrons. The van der Waals surface area contributed by atoms with Gasteiger partial charge < -0.3 is 15.2 Å². The third kappa shape index (κ3) is 3.42. The number of para-hydroxylation sites is 1. The van der Waals surface area contributed by atoms with Crippen LogP contribution in [0, 0.1) is 0 Å². The highest BCUT2D eigenvalue weighted by atomic mass is 16.5. The monoisotopic (exact) mass is 259 g/mol. The van der Waals surface area contributed by atoms with E-state index in [1.54, 1.807) is 30.6 Å². The van der Waals surface area contributed by atoms with Gasteiger partial charge in [0, 0.05) is 6.04 Å². The number of hydrogen-bond donors (Lipinski definition) is 2. The number of aromatic hydroxyl groups is 1. The first-order chi connectivity index (χ1) is 9.20. The van der Waals surface area contributed by atoms with E-state index in [9.17, 15) is 5.11 Å². The molecule has 0 amide bonds. The average Bonchev–Trinajstić information content (AvgIpc) is 2.46. The standard InChI is InChI=1S/C14H17N3O2/c1-10(15-2)9-19-11-7-16-14(17-8-11)12-5-3-4-6-13(12)18/h3-8,10,15,18H,9H2,1-2H3. The Morgan fingerprint density at radius 1 is 1.26 bits per heavy atom. The zero-order valence-corrected chi connectivity index (χ0v) is 11.0. The van der Waals surface area contributed by atoms with Gasteiger partial charge in [-0.25, -0.2) is 9.97 Å². The topological polar surface area (TPSA) is 67.3 Å². The highest BCUT2D eigenvalue weighted by molar-refractivity contribution is 5.63. The van der Waals surface area contributed by atoms with Gasteiger partial charge in [-0.1, -0.05) is 12.1 Å². The van der Waals surface area contributed by atoms with Crippen molar-refractivity contribution in [3.63, 3.8) is 0 Å². The fraction of sp³-hybridized carbons (Fsp3) is 0.286. The fourth-order valence-electron chi connectivity index (χ4n) is 1.50. The van der Waals surface area contributed by atoms with Crippen LogP contribution in [0.2, 0.25) is 0 Å². The van der Waals surface area contributed by atoms with Gasteiger partial charge in [0.25, 0.3) is 0 Å². The number of rotatable bonds is 5. The molecule has 0 spiro atoms. The molecule has 2 rings (SSSR count). The Morgan fingerprint density at radius 2 is 1.95 bits per heavy atom. The number of aromatic nitrogens is 2. The molecule has 5 nitrogen and oxygen atoms in total. The minimum Gasteiger partial charge on any atom is -0.507 e. The molecule has 5 heteroatoms. The van der Waals surface area contributed by atoms with E-state index in [-0.39, 0.29) is 11.8 Å². The molecule has 1 aromatic heterocycles. The summed E-state index contributed by atoms with van der Waals surface area (Å²) in [6.07, 6.45) is 3.22. The highest BCUT2D eigenvalue weighted by Crippen LogP contribution is 2.25. The van der Waals surface area contributed by atoms with Crippen LogP contribution >= 0.6 is 0 Å². The van der Waals surface area contributed by atoms with Gasteiger partial charge in [0.1, 0.15) is 12.4 Å². The van der Waals surface area contributed by atoms with Crippen molar-refractivity contribution in [2.75, 3.05) is 13.7 Å². The summed E-state index contributed by atoms with van der Waals surface area (Å²) in [4.78, 5) is 8.39. The van der Waals surface area contributed by atoms with Crippen molar-refractivity contribution in [1.29, 1.82) is 0 Å². The van der Waals surface area contributed by atoms with Gasteiger partial charge in [-0.15, -0.1) is 0 Å². The van der Waals surface area contributed by atoms with Gasteiger partial charge in [0.15, 0.2) is 11.6 Å². The zero-order chi connectivity index (χ0) is 13.7. The Bertz CT molecular complexity index is 528. The van der Waals surface area contributed by atoms with E-state index in [0.29, 0.717) is 23.7 Å². The molecule has 1 unspecified atom stereocenters. The maximum Gasteiger partial charge on any atom is 0.163 e. The van der Waals surface area contributed by atoms with Crippen molar-refractivity contribution < 1.29 is 9.84 Å². The smallest absolute Gasteiger partial charge is 0.163 e. The van der Waals surface area contributed by atoms with Crippen LogP contribution in [0.3, 0.4) is 0 Å². The second-order valence-electron chi connectivity index (χ2n) is 4.26. The van der Waals surface area contributed by atoms with E-state index in [1.165, 1.54) is 0 Å². The summed E-state index contributed by atoms with van der Waals surface area (Å²) in [5.41, 5.74) is 0.609. The Kier molecular flexibility index (Phi) is 4.30. The minimum atomic E-state index is 0.167. The van der Waals surface area contributed by atoms with Crippen LogP contribution in [0.4, 0.5) is 0 Å². The summed E-state index contributed by atoms with van der Waals surface area (Å²) in [7, 11) is 1.88. The van der Waals surface area contributed by atoms with E-state index >= 15 is 0 Å². The van der Waals surface area contributed by atoms with E-state index in [4.69, 9.17) is 4.74 Å². The third-order valence-electron chi connectivity index (χ3n) is 2.77. The second kappa shape index (κ2) is 6.15. The van der Waals surface area contributed by atoms with E-state index in [1.807, 2.05) is 20.0 Å². The Labute approximate surface area is 112 Å². The number of phenolic OH excluding ortho intramolecular Hbond substituents is 1. The molecule has 0 bridgehead atoms. The van der Waals surface area contributed by atoms with Gasteiger partial charge in [-0.2, -0.15) is 0 Å². The maximum atomic E-state index is 9.72. The van der Waals surface area contributed by atoms with Gasteiger partial charge in [-0.05, 0) is 26.1 Å². The molecule has 1 aromatic carbocycles. The summed E-state index contributed by atoms with van der Waals surface area (Å²) < 4.78 is 5.53. The summed E-state index contributed by atoms with van der Waals surface area (Å²) >= 11 is 0. The molecule has 0 aliphatic heterocycles. The first-order valence-corrected chi connectivity index (χ1v) is 6.11. The molecule has 2 N–H and O–H groups in total. The number of phenols is 1. The van der Waals surface area contributed by atoms with Crippen LogP contribution in [0.1, 0.15) is 6.92 Å². The van der Waals surface area contributed by atoms with Crippen molar-refractivity contribution in [3.05, 3.63) is 36.7 Å². The molecule has 1 heterocycles. The highest BCUT2D eigenvalue weighted by Gasteiger charge is 2.07. The van der Waals surface area contributed by atoms with E-state index in [0.717, 1.165) is 0 Å². The molecule has 2 aromatic rings. The normalized spacial score (nSPS) is 12.1. The molecule has 0 saturated heterocycles. The molecule has 1 atom stereocenters. The van der Waals surface area contributed by atoms with Crippen LogP contribution in [0.25, 0.3) is 11.4 Å². The predicted octanol–water partition coefficient (Wildman–Crippen LogP) is 1.84. The van der Waals surface area contributed by atoms with Gasteiger partial charge in [0.2, 0.25) is 0 Å². The Morgan fingerprint density at radius 3 is 2.58 bits per heavy atom. The number of likely N-dealkylation sites (N-methyl/N-ethyl adjacent to an activating group) is 1. The van der Waals surface area contributed by atoms with Crippen molar-refractivity contribution in [2.45, 2.75) is 13.0 Å². The first-order valence-electron chi connectivity index (χ1n) is 6.11.